The van der Waals surface area contributed by atoms with E-state index in [-0.39, 0.29) is 17.6 Å². The van der Waals surface area contributed by atoms with E-state index in [9.17, 15) is 9.59 Å². The molecule has 0 bridgehead atoms. The van der Waals surface area contributed by atoms with Gasteiger partial charge < -0.3 is 15.5 Å². The van der Waals surface area contributed by atoms with E-state index in [2.05, 4.69) is 21.2 Å². The second kappa shape index (κ2) is 8.05. The lowest BCUT2D eigenvalue weighted by atomic mass is 10.1. The molecule has 2 N–H and O–H groups in total. The Kier molecular flexibility index (Phi) is 5.77. The number of hydrogen-bond donors (Lipinski definition) is 1. The molecule has 1 aliphatic rings. The molecule has 9 heteroatoms. The van der Waals surface area contributed by atoms with Gasteiger partial charge in [0, 0.05) is 31.7 Å². The summed E-state index contributed by atoms with van der Waals surface area (Å²) in [5, 5.41) is 9.09. The van der Waals surface area contributed by atoms with Crippen LogP contribution in [0.5, 0.6) is 0 Å². The van der Waals surface area contributed by atoms with Crippen LogP contribution in [-0.2, 0) is 4.79 Å². The zero-order valence-corrected chi connectivity index (χ0v) is 16.4. The monoisotopic (exact) mass is 391 g/mol. The Hall–Kier alpha value is -2.13. The Labute approximate surface area is 160 Å². The maximum Gasteiger partial charge on any atom is 0.253 e. The molecular formula is C17H21N5O2S2. The standard InChI is InChI=1S/C17H21N5O2S2/c1-11-7-12(2)9-13(8-11)15(24)21-3-5-22(6-4-21)16-19-20-17(26-16)25-10-14(18)23/h7-9H,3-6,10H2,1-2H3,(H2,18,23). The summed E-state index contributed by atoms with van der Waals surface area (Å²) in [4.78, 5) is 27.6. The summed E-state index contributed by atoms with van der Waals surface area (Å²) in [5.41, 5.74) is 8.09. The van der Waals surface area contributed by atoms with Crippen LogP contribution in [0.25, 0.3) is 0 Å². The van der Waals surface area contributed by atoms with Crippen LogP contribution < -0.4 is 10.6 Å². The predicted molar refractivity (Wildman–Crippen MR) is 104 cm³/mol. The van der Waals surface area contributed by atoms with Gasteiger partial charge in [-0.25, -0.2) is 0 Å². The third-order valence-corrected chi connectivity index (χ3v) is 6.18. The van der Waals surface area contributed by atoms with Crippen LogP contribution in [0.15, 0.2) is 22.5 Å². The predicted octanol–water partition coefficient (Wildman–Crippen LogP) is 1.69. The van der Waals surface area contributed by atoms with Crippen LogP contribution in [0.2, 0.25) is 0 Å². The van der Waals surface area contributed by atoms with Crippen molar-refractivity contribution in [2.75, 3.05) is 36.8 Å². The zero-order chi connectivity index (χ0) is 18.7. The van der Waals surface area contributed by atoms with Crippen molar-refractivity contribution in [3.05, 3.63) is 34.9 Å². The van der Waals surface area contributed by atoms with Crippen molar-refractivity contribution in [1.29, 1.82) is 0 Å². The van der Waals surface area contributed by atoms with Gasteiger partial charge in [-0.1, -0.05) is 40.3 Å². The van der Waals surface area contributed by atoms with E-state index in [4.69, 9.17) is 5.73 Å². The first-order valence-corrected chi connectivity index (χ1v) is 10.1. The van der Waals surface area contributed by atoms with Gasteiger partial charge in [0.25, 0.3) is 5.91 Å². The molecule has 0 radical (unpaired) electrons. The summed E-state index contributed by atoms with van der Waals surface area (Å²) in [6.07, 6.45) is 0. The van der Waals surface area contributed by atoms with Crippen molar-refractivity contribution in [3.63, 3.8) is 0 Å². The quantitative estimate of drug-likeness (QED) is 0.780. The van der Waals surface area contributed by atoms with Crippen molar-refractivity contribution < 1.29 is 9.59 Å². The first-order chi connectivity index (χ1) is 12.4. The summed E-state index contributed by atoms with van der Waals surface area (Å²) >= 11 is 2.74. The lowest BCUT2D eigenvalue weighted by molar-refractivity contribution is -0.115. The van der Waals surface area contributed by atoms with Crippen molar-refractivity contribution >= 4 is 40.0 Å². The summed E-state index contributed by atoms with van der Waals surface area (Å²) in [6.45, 7) is 6.73. The van der Waals surface area contributed by atoms with Gasteiger partial charge in [0.05, 0.1) is 5.75 Å². The van der Waals surface area contributed by atoms with Gasteiger partial charge in [-0.15, -0.1) is 10.2 Å². The topological polar surface area (TPSA) is 92.4 Å². The van der Waals surface area contributed by atoms with Gasteiger partial charge in [0.15, 0.2) is 4.34 Å². The van der Waals surface area contributed by atoms with Gasteiger partial charge in [-0.05, 0) is 26.0 Å². The van der Waals surface area contributed by atoms with Gasteiger partial charge >= 0.3 is 0 Å². The average molecular weight is 392 g/mol. The molecule has 1 aliphatic heterocycles. The van der Waals surface area contributed by atoms with Gasteiger partial charge in [-0.3, -0.25) is 9.59 Å². The first-order valence-electron chi connectivity index (χ1n) is 8.29. The number of rotatable bonds is 5. The Morgan fingerprint density at radius 2 is 1.77 bits per heavy atom. The first kappa shape index (κ1) is 18.7. The highest BCUT2D eigenvalue weighted by Gasteiger charge is 2.24. The maximum absolute atomic E-state index is 12.7. The fourth-order valence-corrected chi connectivity index (χ4v) is 4.53. The third-order valence-electron chi connectivity index (χ3n) is 4.04. The Morgan fingerprint density at radius 1 is 1.12 bits per heavy atom. The molecule has 1 saturated heterocycles. The van der Waals surface area contributed by atoms with Gasteiger partial charge in [0.1, 0.15) is 0 Å². The molecule has 2 heterocycles. The molecule has 3 rings (SSSR count). The zero-order valence-electron chi connectivity index (χ0n) is 14.8. The molecule has 0 aliphatic carbocycles. The number of carbonyl (C=O) groups excluding carboxylic acids is 2. The molecule has 0 saturated carbocycles. The molecule has 0 atom stereocenters. The molecule has 2 amide bonds. The van der Waals surface area contributed by atoms with E-state index in [1.54, 1.807) is 0 Å². The lowest BCUT2D eigenvalue weighted by Gasteiger charge is -2.34. The van der Waals surface area contributed by atoms with E-state index < -0.39 is 0 Å². The van der Waals surface area contributed by atoms with E-state index >= 15 is 0 Å². The fraction of sp³-hybridized carbons (Fsp3) is 0.412. The molecule has 7 nitrogen and oxygen atoms in total. The minimum atomic E-state index is -0.370. The molecule has 0 unspecified atom stereocenters. The SMILES string of the molecule is Cc1cc(C)cc(C(=O)N2CCN(c3nnc(SCC(N)=O)s3)CC2)c1. The van der Waals surface area contributed by atoms with E-state index in [1.165, 1.54) is 23.1 Å². The summed E-state index contributed by atoms with van der Waals surface area (Å²) < 4.78 is 0.729. The fourth-order valence-electron chi connectivity index (χ4n) is 2.90. The number of aromatic nitrogens is 2. The van der Waals surface area contributed by atoms with Crippen LogP contribution in [0.3, 0.4) is 0 Å². The number of primary amides is 1. The maximum atomic E-state index is 12.7. The number of hydrogen-bond acceptors (Lipinski definition) is 7. The van der Waals surface area contributed by atoms with Gasteiger partial charge in [-0.2, -0.15) is 0 Å². The number of piperazine rings is 1. The highest BCUT2D eigenvalue weighted by atomic mass is 32.2. The van der Waals surface area contributed by atoms with Crippen molar-refractivity contribution in [1.82, 2.24) is 15.1 Å². The molecule has 1 aromatic heterocycles. The molecule has 26 heavy (non-hydrogen) atoms. The van der Waals surface area contributed by atoms with Crippen LogP contribution in [0, 0.1) is 13.8 Å². The van der Waals surface area contributed by atoms with Crippen molar-refractivity contribution in [2.24, 2.45) is 5.73 Å². The minimum absolute atomic E-state index is 0.0754. The number of thioether (sulfide) groups is 1. The van der Waals surface area contributed by atoms with E-state index in [0.717, 1.165) is 26.2 Å². The highest BCUT2D eigenvalue weighted by Crippen LogP contribution is 2.28. The lowest BCUT2D eigenvalue weighted by Crippen LogP contribution is -2.48. The molecule has 138 valence electrons. The molecule has 1 fully saturated rings. The number of carbonyl (C=O) groups is 2. The molecule has 1 aromatic carbocycles. The number of nitrogens with two attached hydrogens (primary N) is 1. The average Bonchev–Trinajstić information content (AvgIpc) is 3.07. The highest BCUT2D eigenvalue weighted by molar-refractivity contribution is 8.01. The Balaban J connectivity index is 1.58. The minimum Gasteiger partial charge on any atom is -0.369 e. The molecule has 2 aromatic rings. The van der Waals surface area contributed by atoms with Crippen molar-refractivity contribution in [3.8, 4) is 0 Å². The van der Waals surface area contributed by atoms with Crippen molar-refractivity contribution in [2.45, 2.75) is 18.2 Å². The summed E-state index contributed by atoms with van der Waals surface area (Å²) in [6, 6.07) is 5.95. The summed E-state index contributed by atoms with van der Waals surface area (Å²) in [5.74, 6) is -0.0935. The number of benzene rings is 1. The Bertz CT molecular complexity index is 795. The number of amides is 2. The number of aryl methyl sites for hydroxylation is 2. The van der Waals surface area contributed by atoms with Crippen LogP contribution in [0.1, 0.15) is 21.5 Å². The normalized spacial score (nSPS) is 14.5. The second-order valence-electron chi connectivity index (χ2n) is 6.26. The largest absolute Gasteiger partial charge is 0.369 e. The number of nitrogens with zero attached hydrogens (tertiary/aromatic N) is 4. The smallest absolute Gasteiger partial charge is 0.253 e. The van der Waals surface area contributed by atoms with Crippen LogP contribution in [0.4, 0.5) is 5.13 Å². The number of anilines is 1. The van der Waals surface area contributed by atoms with E-state index in [0.29, 0.717) is 26.2 Å². The van der Waals surface area contributed by atoms with Gasteiger partial charge in [0.2, 0.25) is 11.0 Å². The molecule has 0 spiro atoms. The van der Waals surface area contributed by atoms with E-state index in [1.807, 2.05) is 30.9 Å². The third kappa shape index (κ3) is 4.53. The Morgan fingerprint density at radius 3 is 2.38 bits per heavy atom. The van der Waals surface area contributed by atoms with Crippen LogP contribution >= 0.6 is 23.1 Å². The molecular weight excluding hydrogens is 370 g/mol. The van der Waals surface area contributed by atoms with Crippen LogP contribution in [-0.4, -0.2) is 58.8 Å². The summed E-state index contributed by atoms with van der Waals surface area (Å²) in [7, 11) is 0. The second-order valence-corrected chi connectivity index (χ2v) is 8.44.